The number of fused-ring (bicyclic) bond motifs is 1. The van der Waals surface area contributed by atoms with Crippen LogP contribution in [0, 0.1) is 12.7 Å². The maximum Gasteiger partial charge on any atom is 0.139 e. The molecule has 0 aliphatic carbocycles. The summed E-state index contributed by atoms with van der Waals surface area (Å²) in [6, 6.07) is 12.1. The molecule has 4 heteroatoms. The zero-order valence-electron chi connectivity index (χ0n) is 9.89. The Hall–Kier alpha value is -2.36. The standard InChI is InChI=1S/C14H12FN3/c1-9-4-2-7-12-17-13(14(16)18(9)12)10-5-3-6-11(15)8-10/h2-8H,16H2,1H3. The lowest BCUT2D eigenvalue weighted by molar-refractivity contribution is 0.628. The average Bonchev–Trinajstić information content (AvgIpc) is 2.68. The van der Waals surface area contributed by atoms with Gasteiger partial charge in [0.05, 0.1) is 0 Å². The fourth-order valence-corrected chi connectivity index (χ4v) is 2.13. The summed E-state index contributed by atoms with van der Waals surface area (Å²) >= 11 is 0. The molecule has 2 heterocycles. The minimum atomic E-state index is -0.291. The molecule has 0 amide bonds. The molecule has 0 spiro atoms. The Kier molecular flexibility index (Phi) is 2.30. The number of rotatable bonds is 1. The van der Waals surface area contributed by atoms with Crippen LogP contribution in [0.3, 0.4) is 0 Å². The summed E-state index contributed by atoms with van der Waals surface area (Å²) in [5, 5.41) is 0. The molecular formula is C14H12FN3. The Morgan fingerprint density at radius 3 is 2.67 bits per heavy atom. The van der Waals surface area contributed by atoms with Gasteiger partial charge >= 0.3 is 0 Å². The molecule has 0 atom stereocenters. The highest BCUT2D eigenvalue weighted by Gasteiger charge is 2.12. The van der Waals surface area contributed by atoms with E-state index in [-0.39, 0.29) is 5.82 Å². The first-order valence-electron chi connectivity index (χ1n) is 5.66. The summed E-state index contributed by atoms with van der Waals surface area (Å²) in [6.07, 6.45) is 0. The number of nitrogens with two attached hydrogens (primary N) is 1. The van der Waals surface area contributed by atoms with Crippen molar-refractivity contribution in [2.24, 2.45) is 0 Å². The van der Waals surface area contributed by atoms with E-state index in [0.29, 0.717) is 17.1 Å². The molecule has 18 heavy (non-hydrogen) atoms. The number of pyridine rings is 1. The number of imidazole rings is 1. The van der Waals surface area contributed by atoms with Crippen LogP contribution in [-0.4, -0.2) is 9.38 Å². The van der Waals surface area contributed by atoms with E-state index < -0.39 is 0 Å². The molecule has 0 saturated carbocycles. The van der Waals surface area contributed by atoms with Crippen LogP contribution < -0.4 is 5.73 Å². The first-order chi connectivity index (χ1) is 8.66. The van der Waals surface area contributed by atoms with E-state index in [1.165, 1.54) is 12.1 Å². The van der Waals surface area contributed by atoms with E-state index in [4.69, 9.17) is 5.73 Å². The minimum absolute atomic E-state index is 0.291. The van der Waals surface area contributed by atoms with Gasteiger partial charge in [0, 0.05) is 11.3 Å². The normalized spacial score (nSPS) is 11.0. The fourth-order valence-electron chi connectivity index (χ4n) is 2.13. The second-order valence-corrected chi connectivity index (χ2v) is 4.22. The first kappa shape index (κ1) is 10.8. The Morgan fingerprint density at radius 2 is 1.94 bits per heavy atom. The summed E-state index contributed by atoms with van der Waals surface area (Å²) in [5.41, 5.74) is 9.18. The second kappa shape index (κ2) is 3.84. The third kappa shape index (κ3) is 1.54. The van der Waals surface area contributed by atoms with E-state index in [1.54, 1.807) is 12.1 Å². The van der Waals surface area contributed by atoms with Crippen molar-refractivity contribution in [2.75, 3.05) is 5.73 Å². The number of nitrogens with zero attached hydrogens (tertiary/aromatic N) is 2. The summed E-state index contributed by atoms with van der Waals surface area (Å²) < 4.78 is 15.1. The molecule has 1 aromatic carbocycles. The monoisotopic (exact) mass is 241 g/mol. The number of nitrogen functional groups attached to an aromatic ring is 1. The minimum Gasteiger partial charge on any atom is -0.383 e. The lowest BCUT2D eigenvalue weighted by Crippen LogP contribution is -1.97. The van der Waals surface area contributed by atoms with Crippen LogP contribution in [-0.2, 0) is 0 Å². The first-order valence-corrected chi connectivity index (χ1v) is 5.66. The Labute approximate surface area is 104 Å². The molecule has 0 aliphatic heterocycles. The highest BCUT2D eigenvalue weighted by Crippen LogP contribution is 2.27. The quantitative estimate of drug-likeness (QED) is 0.711. The van der Waals surface area contributed by atoms with E-state index in [2.05, 4.69) is 4.98 Å². The van der Waals surface area contributed by atoms with Crippen molar-refractivity contribution in [1.29, 1.82) is 0 Å². The van der Waals surface area contributed by atoms with Gasteiger partial charge in [0.25, 0.3) is 0 Å². The molecule has 0 aliphatic rings. The van der Waals surface area contributed by atoms with Crippen LogP contribution in [0.25, 0.3) is 16.9 Å². The van der Waals surface area contributed by atoms with E-state index in [1.807, 2.05) is 29.5 Å². The molecule has 3 rings (SSSR count). The SMILES string of the molecule is Cc1cccc2nc(-c3cccc(F)c3)c(N)n12. The summed E-state index contributed by atoms with van der Waals surface area (Å²) in [7, 11) is 0. The lowest BCUT2D eigenvalue weighted by Gasteiger charge is -2.02. The molecular weight excluding hydrogens is 229 g/mol. The topological polar surface area (TPSA) is 43.3 Å². The molecule has 0 bridgehead atoms. The molecule has 0 radical (unpaired) electrons. The van der Waals surface area contributed by atoms with Crippen LogP contribution in [0.1, 0.15) is 5.69 Å². The number of hydrogen-bond donors (Lipinski definition) is 1. The number of aromatic nitrogens is 2. The molecule has 2 N–H and O–H groups in total. The number of anilines is 1. The third-order valence-electron chi connectivity index (χ3n) is 2.97. The predicted octanol–water partition coefficient (Wildman–Crippen LogP) is 3.03. The highest BCUT2D eigenvalue weighted by molar-refractivity contribution is 5.75. The van der Waals surface area contributed by atoms with Crippen molar-refractivity contribution in [3.8, 4) is 11.3 Å². The molecule has 0 saturated heterocycles. The molecule has 3 nitrogen and oxygen atoms in total. The largest absolute Gasteiger partial charge is 0.383 e. The van der Waals surface area contributed by atoms with Gasteiger partial charge in [-0.05, 0) is 31.2 Å². The van der Waals surface area contributed by atoms with Gasteiger partial charge in [0.15, 0.2) is 0 Å². The van der Waals surface area contributed by atoms with E-state index >= 15 is 0 Å². The molecule has 0 fully saturated rings. The fraction of sp³-hybridized carbons (Fsp3) is 0.0714. The van der Waals surface area contributed by atoms with Crippen LogP contribution >= 0.6 is 0 Å². The molecule has 3 aromatic rings. The van der Waals surface area contributed by atoms with Gasteiger partial charge < -0.3 is 5.73 Å². The van der Waals surface area contributed by atoms with Crippen LogP contribution in [0.5, 0.6) is 0 Å². The number of aryl methyl sites for hydroxylation is 1. The van der Waals surface area contributed by atoms with Gasteiger partial charge in [-0.1, -0.05) is 18.2 Å². The number of hydrogen-bond acceptors (Lipinski definition) is 2. The van der Waals surface area contributed by atoms with Gasteiger partial charge in [-0.15, -0.1) is 0 Å². The number of benzene rings is 1. The zero-order valence-corrected chi connectivity index (χ0v) is 9.89. The summed E-state index contributed by atoms with van der Waals surface area (Å²) in [4.78, 5) is 4.46. The molecule has 90 valence electrons. The average molecular weight is 241 g/mol. The maximum absolute atomic E-state index is 13.2. The Bertz CT molecular complexity index is 731. The van der Waals surface area contributed by atoms with Crippen molar-refractivity contribution in [3.05, 3.63) is 54.0 Å². The Balaban J connectivity index is 2.31. The maximum atomic E-state index is 13.2. The third-order valence-corrected chi connectivity index (χ3v) is 2.97. The van der Waals surface area contributed by atoms with Gasteiger partial charge in [-0.3, -0.25) is 4.40 Å². The highest BCUT2D eigenvalue weighted by atomic mass is 19.1. The number of halogens is 1. The van der Waals surface area contributed by atoms with Crippen molar-refractivity contribution >= 4 is 11.5 Å². The lowest BCUT2D eigenvalue weighted by atomic mass is 10.1. The summed E-state index contributed by atoms with van der Waals surface area (Å²) in [5.74, 6) is 0.245. The smallest absolute Gasteiger partial charge is 0.139 e. The van der Waals surface area contributed by atoms with Crippen LogP contribution in [0.2, 0.25) is 0 Å². The van der Waals surface area contributed by atoms with E-state index in [9.17, 15) is 4.39 Å². The van der Waals surface area contributed by atoms with Gasteiger partial charge in [0.2, 0.25) is 0 Å². The van der Waals surface area contributed by atoms with Crippen molar-refractivity contribution in [3.63, 3.8) is 0 Å². The zero-order chi connectivity index (χ0) is 12.7. The second-order valence-electron chi connectivity index (χ2n) is 4.22. The molecule has 0 unspecified atom stereocenters. The summed E-state index contributed by atoms with van der Waals surface area (Å²) in [6.45, 7) is 1.96. The van der Waals surface area contributed by atoms with E-state index in [0.717, 1.165) is 11.3 Å². The van der Waals surface area contributed by atoms with Crippen LogP contribution in [0.15, 0.2) is 42.5 Å². The Morgan fingerprint density at radius 1 is 1.17 bits per heavy atom. The van der Waals surface area contributed by atoms with Crippen LogP contribution in [0.4, 0.5) is 10.2 Å². The van der Waals surface area contributed by atoms with Crippen molar-refractivity contribution < 1.29 is 4.39 Å². The van der Waals surface area contributed by atoms with Crippen molar-refractivity contribution in [1.82, 2.24) is 9.38 Å². The van der Waals surface area contributed by atoms with Gasteiger partial charge in [-0.25, -0.2) is 9.37 Å². The molecule has 2 aromatic heterocycles. The van der Waals surface area contributed by atoms with Gasteiger partial charge in [0.1, 0.15) is 23.0 Å². The van der Waals surface area contributed by atoms with Crippen molar-refractivity contribution in [2.45, 2.75) is 6.92 Å². The van der Waals surface area contributed by atoms with Gasteiger partial charge in [-0.2, -0.15) is 0 Å². The predicted molar refractivity (Wildman–Crippen MR) is 69.7 cm³/mol.